The van der Waals surface area contributed by atoms with E-state index in [-0.39, 0.29) is 11.2 Å². The lowest BCUT2D eigenvalue weighted by molar-refractivity contribution is -0.115. The van der Waals surface area contributed by atoms with Gasteiger partial charge >= 0.3 is 0 Å². The molecule has 2 atom stereocenters. The highest BCUT2D eigenvalue weighted by Gasteiger charge is 2.39. The summed E-state index contributed by atoms with van der Waals surface area (Å²) < 4.78 is 13.1. The van der Waals surface area contributed by atoms with E-state index in [0.29, 0.717) is 20.7 Å². The highest BCUT2D eigenvalue weighted by atomic mass is 35.5. The van der Waals surface area contributed by atoms with Crippen molar-refractivity contribution in [2.75, 3.05) is 5.32 Å². The van der Waals surface area contributed by atoms with Crippen LogP contribution in [0.5, 0.6) is 0 Å². The molecule has 1 amide bonds. The lowest BCUT2D eigenvalue weighted by Crippen LogP contribution is -2.33. The Morgan fingerprint density at radius 1 is 1.33 bits per heavy atom. The summed E-state index contributed by atoms with van der Waals surface area (Å²) >= 11 is 12.1. The molecule has 1 N–H and O–H groups in total. The molecule has 128 valence electrons. The molecular weight excluding hydrogens is 387 g/mol. The number of carbonyl (C=O) groups excluding carboxylic acids is 1. The zero-order valence-corrected chi connectivity index (χ0v) is 15.9. The third-order valence-electron chi connectivity index (χ3n) is 4.01. The molecule has 3 rings (SSSR count). The molecule has 1 aliphatic rings. The first-order chi connectivity index (χ1) is 11.6. The van der Waals surface area contributed by atoms with Crippen LogP contribution in [0.3, 0.4) is 0 Å². The highest BCUT2D eigenvalue weighted by molar-refractivity contribution is 7.93. The van der Waals surface area contributed by atoms with Crippen LogP contribution in [0.25, 0.3) is 0 Å². The molecule has 1 saturated carbocycles. The predicted molar refractivity (Wildman–Crippen MR) is 100 cm³/mol. The van der Waals surface area contributed by atoms with Gasteiger partial charge in [0.2, 0.25) is 5.25 Å². The molecule has 1 aliphatic carbocycles. The lowest BCUT2D eigenvalue weighted by Gasteiger charge is -2.25. The summed E-state index contributed by atoms with van der Waals surface area (Å²) in [7, 11) is 0. The van der Waals surface area contributed by atoms with Gasteiger partial charge in [-0.1, -0.05) is 29.3 Å². The van der Waals surface area contributed by atoms with E-state index < -0.39 is 16.4 Å². The Kier molecular flexibility index (Phi) is 6.05. The van der Waals surface area contributed by atoms with Crippen LogP contribution in [-0.2, 0) is 16.0 Å². The highest BCUT2D eigenvalue weighted by Crippen LogP contribution is 2.37. The van der Waals surface area contributed by atoms with Crippen LogP contribution >= 0.6 is 34.5 Å². The molecule has 0 saturated heterocycles. The van der Waals surface area contributed by atoms with Gasteiger partial charge < -0.3 is 4.55 Å². The summed E-state index contributed by atoms with van der Waals surface area (Å²) in [5.41, 5.74) is 0.615. The van der Waals surface area contributed by atoms with Crippen molar-refractivity contribution in [3.63, 3.8) is 0 Å². The van der Waals surface area contributed by atoms with Crippen LogP contribution in [0.15, 0.2) is 29.8 Å². The van der Waals surface area contributed by atoms with Crippen molar-refractivity contribution in [3.8, 4) is 0 Å². The molecule has 0 bridgehead atoms. The Morgan fingerprint density at radius 2 is 2.08 bits per heavy atom. The average Bonchev–Trinajstić information content (AvgIpc) is 3.24. The fourth-order valence-electron chi connectivity index (χ4n) is 2.84. The molecular formula is C16H16Cl2N2O2S2. The van der Waals surface area contributed by atoms with Crippen LogP contribution in [-0.4, -0.2) is 20.7 Å². The number of carbonyl (C=O) groups is 1. The molecule has 24 heavy (non-hydrogen) atoms. The van der Waals surface area contributed by atoms with Crippen molar-refractivity contribution in [3.05, 3.63) is 45.4 Å². The first-order valence-corrected chi connectivity index (χ1v) is 10.5. The van der Waals surface area contributed by atoms with Crippen LogP contribution in [0, 0.1) is 0 Å². The van der Waals surface area contributed by atoms with Gasteiger partial charge in [-0.15, -0.1) is 11.3 Å². The number of nitrogens with zero attached hydrogens (tertiary/aromatic N) is 1. The zero-order valence-electron chi connectivity index (χ0n) is 12.7. The molecule has 2 aromatic rings. The van der Waals surface area contributed by atoms with Gasteiger partial charge in [-0.2, -0.15) is 0 Å². The molecule has 1 aromatic heterocycles. The van der Waals surface area contributed by atoms with E-state index in [0.717, 1.165) is 25.7 Å². The molecule has 0 radical (unpaired) electrons. The Bertz CT molecular complexity index is 706. The van der Waals surface area contributed by atoms with Gasteiger partial charge in [0, 0.05) is 17.1 Å². The number of rotatable bonds is 5. The van der Waals surface area contributed by atoms with Crippen molar-refractivity contribution in [1.82, 2.24) is 4.98 Å². The van der Waals surface area contributed by atoms with E-state index in [1.54, 1.807) is 29.8 Å². The quantitative estimate of drug-likeness (QED) is 0.728. The van der Waals surface area contributed by atoms with Gasteiger partial charge in [0.25, 0.3) is 5.91 Å². The minimum absolute atomic E-state index is 0.0338. The van der Waals surface area contributed by atoms with Crippen molar-refractivity contribution in [2.24, 2.45) is 0 Å². The fourth-order valence-corrected chi connectivity index (χ4v) is 5.54. The molecule has 0 aliphatic heterocycles. The number of nitrogens with one attached hydrogen (secondary N) is 1. The molecule has 2 unspecified atom stereocenters. The Labute approximate surface area is 157 Å². The Morgan fingerprint density at radius 3 is 2.71 bits per heavy atom. The maximum Gasteiger partial charge on any atom is 0.284 e. The van der Waals surface area contributed by atoms with E-state index in [9.17, 15) is 9.35 Å². The van der Waals surface area contributed by atoms with Gasteiger partial charge in [0.15, 0.2) is 5.13 Å². The maximum absolute atomic E-state index is 13.1. The fraction of sp³-hybridized carbons (Fsp3) is 0.375. The topological polar surface area (TPSA) is 65.0 Å². The van der Waals surface area contributed by atoms with E-state index in [2.05, 4.69) is 10.3 Å². The molecule has 8 heteroatoms. The van der Waals surface area contributed by atoms with Crippen LogP contribution < -0.4 is 5.32 Å². The number of halogens is 2. The SMILES string of the molecule is O=C(Nc1nccs1)C(c1ccc(Cl)c(Cl)c1)[S+]([O-])C1CCCC1. The number of aromatic nitrogens is 1. The van der Waals surface area contributed by atoms with Crippen molar-refractivity contribution in [2.45, 2.75) is 36.2 Å². The molecule has 0 spiro atoms. The van der Waals surface area contributed by atoms with Gasteiger partial charge in [0.05, 0.1) is 10.0 Å². The van der Waals surface area contributed by atoms with Crippen molar-refractivity contribution in [1.29, 1.82) is 0 Å². The summed E-state index contributed by atoms with van der Waals surface area (Å²) in [6, 6.07) is 4.98. The number of hydrogen-bond acceptors (Lipinski definition) is 4. The van der Waals surface area contributed by atoms with E-state index in [4.69, 9.17) is 23.2 Å². The van der Waals surface area contributed by atoms with Crippen molar-refractivity contribution < 1.29 is 9.35 Å². The molecule has 4 nitrogen and oxygen atoms in total. The second kappa shape index (κ2) is 8.06. The second-order valence-electron chi connectivity index (χ2n) is 5.62. The third-order valence-corrected chi connectivity index (χ3v) is 7.52. The van der Waals surface area contributed by atoms with Gasteiger partial charge in [-0.05, 0) is 49.0 Å². The van der Waals surface area contributed by atoms with Crippen LogP contribution in [0.2, 0.25) is 10.0 Å². The number of anilines is 1. The minimum Gasteiger partial charge on any atom is -0.615 e. The number of thiazole rings is 1. The van der Waals surface area contributed by atoms with Gasteiger partial charge in [0.1, 0.15) is 5.25 Å². The largest absolute Gasteiger partial charge is 0.615 e. The first kappa shape index (κ1) is 18.0. The molecule has 1 aromatic carbocycles. The summed E-state index contributed by atoms with van der Waals surface area (Å²) in [4.78, 5) is 16.9. The van der Waals surface area contributed by atoms with E-state index in [1.807, 2.05) is 0 Å². The zero-order chi connectivity index (χ0) is 17.1. The standard InChI is InChI=1S/C16H16Cl2N2O2S2/c17-12-6-5-10(9-13(12)18)14(24(22)11-3-1-2-4-11)15(21)20-16-19-7-8-23-16/h5-9,11,14H,1-4H2,(H,19,20,21). The normalized spacial score (nSPS) is 17.6. The third kappa shape index (κ3) is 4.06. The number of benzene rings is 1. The molecule has 1 fully saturated rings. The average molecular weight is 403 g/mol. The molecule has 1 heterocycles. The van der Waals surface area contributed by atoms with Gasteiger partial charge in [-0.3, -0.25) is 10.1 Å². The van der Waals surface area contributed by atoms with Crippen LogP contribution in [0.4, 0.5) is 5.13 Å². The number of amides is 1. The van der Waals surface area contributed by atoms with Crippen molar-refractivity contribution >= 4 is 56.8 Å². The summed E-state index contributed by atoms with van der Waals surface area (Å²) in [5, 5.41) is 5.04. The minimum atomic E-state index is -1.33. The summed E-state index contributed by atoms with van der Waals surface area (Å²) in [6.45, 7) is 0. The second-order valence-corrected chi connectivity index (χ2v) is 9.12. The van der Waals surface area contributed by atoms with E-state index >= 15 is 0 Å². The monoisotopic (exact) mass is 402 g/mol. The van der Waals surface area contributed by atoms with E-state index in [1.165, 1.54) is 11.3 Å². The summed E-state index contributed by atoms with van der Waals surface area (Å²) in [6.07, 6.45) is 5.49. The summed E-state index contributed by atoms with van der Waals surface area (Å²) in [5.74, 6) is -0.325. The Balaban J connectivity index is 1.89. The maximum atomic E-state index is 13.1. The predicted octanol–water partition coefficient (Wildman–Crippen LogP) is 4.82. The lowest BCUT2D eigenvalue weighted by atomic mass is 10.1. The first-order valence-electron chi connectivity index (χ1n) is 7.61. The van der Waals surface area contributed by atoms with Crippen LogP contribution in [0.1, 0.15) is 36.5 Å². The van der Waals surface area contributed by atoms with Gasteiger partial charge in [-0.25, -0.2) is 4.98 Å². The Hall–Kier alpha value is -0.790. The smallest absolute Gasteiger partial charge is 0.284 e. The number of hydrogen-bond donors (Lipinski definition) is 1.